The lowest BCUT2D eigenvalue weighted by molar-refractivity contribution is 0.121. The monoisotopic (exact) mass is 300 g/mol. The molecule has 0 saturated carbocycles. The summed E-state index contributed by atoms with van der Waals surface area (Å²) in [7, 11) is 3.90. The van der Waals surface area contributed by atoms with E-state index in [-0.39, 0.29) is 22.7 Å². The Hall–Kier alpha value is -1.11. The highest BCUT2D eigenvalue weighted by Gasteiger charge is 2.25. The number of nitrogens with zero attached hydrogens (tertiary/aromatic N) is 3. The number of hydrogen-bond acceptors (Lipinski definition) is 5. The molecule has 1 fully saturated rings. The van der Waals surface area contributed by atoms with Gasteiger partial charge >= 0.3 is 0 Å². The Labute approximate surface area is 123 Å². The normalized spacial score (nSPS) is 22.4. The van der Waals surface area contributed by atoms with Gasteiger partial charge in [-0.2, -0.15) is 5.10 Å². The van der Waals surface area contributed by atoms with Gasteiger partial charge in [-0.1, -0.05) is 11.6 Å². The van der Waals surface area contributed by atoms with Gasteiger partial charge in [-0.15, -0.1) is 0 Å². The predicted molar refractivity (Wildman–Crippen MR) is 79.5 cm³/mol. The average molecular weight is 301 g/mol. The summed E-state index contributed by atoms with van der Waals surface area (Å²) >= 11 is 6.15. The van der Waals surface area contributed by atoms with Crippen LogP contribution in [0.25, 0.3) is 0 Å². The maximum Gasteiger partial charge on any atom is 0.287 e. The molecular weight excluding hydrogens is 280 g/mol. The van der Waals surface area contributed by atoms with E-state index in [0.29, 0.717) is 12.2 Å². The molecule has 0 aliphatic carbocycles. The Balaban J connectivity index is 2.12. The van der Waals surface area contributed by atoms with E-state index in [1.807, 2.05) is 25.9 Å². The van der Waals surface area contributed by atoms with E-state index >= 15 is 0 Å². The summed E-state index contributed by atoms with van der Waals surface area (Å²) in [6.07, 6.45) is 2.63. The first-order chi connectivity index (χ1) is 9.49. The van der Waals surface area contributed by atoms with E-state index in [1.165, 1.54) is 4.68 Å². The molecule has 0 aromatic carbocycles. The molecule has 1 N–H and O–H groups in total. The summed E-state index contributed by atoms with van der Waals surface area (Å²) in [4.78, 5) is 14.1. The number of aromatic nitrogens is 2. The molecule has 0 bridgehead atoms. The van der Waals surface area contributed by atoms with Gasteiger partial charge < -0.3 is 15.0 Å². The number of nitrogens with one attached hydrogen (secondary N) is 1. The first-order valence-electron chi connectivity index (χ1n) is 6.77. The van der Waals surface area contributed by atoms with Crippen LogP contribution in [0.3, 0.4) is 0 Å². The second kappa shape index (κ2) is 6.56. The maximum atomic E-state index is 12.1. The second-order valence-corrected chi connectivity index (χ2v) is 5.70. The third-order valence-corrected chi connectivity index (χ3v) is 3.83. The molecule has 1 saturated heterocycles. The summed E-state index contributed by atoms with van der Waals surface area (Å²) in [6, 6.07) is 0.173. The SMILES string of the molecule is CC1OCCC1Nc1cnn(CCN(C)C)c(=O)c1Cl. The van der Waals surface area contributed by atoms with Crippen molar-refractivity contribution in [1.82, 2.24) is 14.7 Å². The Morgan fingerprint density at radius 1 is 1.60 bits per heavy atom. The molecule has 1 aliphatic rings. The van der Waals surface area contributed by atoms with Gasteiger partial charge in [0.15, 0.2) is 0 Å². The average Bonchev–Trinajstić information content (AvgIpc) is 2.79. The van der Waals surface area contributed by atoms with E-state index < -0.39 is 0 Å². The van der Waals surface area contributed by atoms with Crippen LogP contribution in [0.1, 0.15) is 13.3 Å². The Kier molecular flexibility index (Phi) is 5.01. The molecule has 7 heteroatoms. The molecule has 0 amide bonds. The number of rotatable bonds is 5. The van der Waals surface area contributed by atoms with Crippen LogP contribution in [0.5, 0.6) is 0 Å². The first-order valence-corrected chi connectivity index (χ1v) is 7.15. The smallest absolute Gasteiger partial charge is 0.287 e. The van der Waals surface area contributed by atoms with Crippen LogP contribution >= 0.6 is 11.6 Å². The lowest BCUT2D eigenvalue weighted by Gasteiger charge is -2.18. The zero-order chi connectivity index (χ0) is 14.7. The van der Waals surface area contributed by atoms with E-state index in [1.54, 1.807) is 6.20 Å². The molecule has 1 aliphatic heterocycles. The van der Waals surface area contributed by atoms with E-state index in [4.69, 9.17) is 16.3 Å². The largest absolute Gasteiger partial charge is 0.377 e. The summed E-state index contributed by atoms with van der Waals surface area (Å²) in [5.41, 5.74) is 0.324. The second-order valence-electron chi connectivity index (χ2n) is 5.32. The zero-order valence-corrected chi connectivity index (χ0v) is 12.9. The van der Waals surface area contributed by atoms with Crippen molar-refractivity contribution in [3.05, 3.63) is 21.6 Å². The molecule has 1 aromatic heterocycles. The van der Waals surface area contributed by atoms with Crippen LogP contribution in [-0.4, -0.2) is 54.1 Å². The van der Waals surface area contributed by atoms with Crippen LogP contribution in [0.4, 0.5) is 5.69 Å². The third kappa shape index (κ3) is 3.50. The number of hydrogen-bond donors (Lipinski definition) is 1. The molecular formula is C13H21ClN4O2. The molecule has 6 nitrogen and oxygen atoms in total. The summed E-state index contributed by atoms with van der Waals surface area (Å²) in [5, 5.41) is 7.61. The van der Waals surface area contributed by atoms with E-state index in [0.717, 1.165) is 19.6 Å². The van der Waals surface area contributed by atoms with Crippen molar-refractivity contribution >= 4 is 17.3 Å². The Morgan fingerprint density at radius 3 is 2.95 bits per heavy atom. The highest BCUT2D eigenvalue weighted by molar-refractivity contribution is 6.32. The molecule has 20 heavy (non-hydrogen) atoms. The topological polar surface area (TPSA) is 59.4 Å². The quantitative estimate of drug-likeness (QED) is 0.881. The van der Waals surface area contributed by atoms with Gasteiger partial charge in [0.05, 0.1) is 30.6 Å². The van der Waals surface area contributed by atoms with Gasteiger partial charge in [0.1, 0.15) is 5.02 Å². The molecule has 2 atom stereocenters. The Bertz CT molecular complexity index is 518. The summed E-state index contributed by atoms with van der Waals surface area (Å²) in [5.74, 6) is 0. The van der Waals surface area contributed by atoms with Gasteiger partial charge in [-0.25, -0.2) is 4.68 Å². The minimum absolute atomic E-state index is 0.113. The molecule has 2 rings (SSSR count). The van der Waals surface area contributed by atoms with Crippen LogP contribution in [0, 0.1) is 0 Å². The highest BCUT2D eigenvalue weighted by atomic mass is 35.5. The fourth-order valence-electron chi connectivity index (χ4n) is 2.14. The third-order valence-electron chi connectivity index (χ3n) is 3.46. The zero-order valence-electron chi connectivity index (χ0n) is 12.1. The Morgan fingerprint density at radius 2 is 2.35 bits per heavy atom. The predicted octanol–water partition coefficient (Wildman–Crippen LogP) is 1.05. The number of likely N-dealkylation sites (N-methyl/N-ethyl adjacent to an activating group) is 1. The van der Waals surface area contributed by atoms with Crippen LogP contribution < -0.4 is 10.9 Å². The van der Waals surface area contributed by atoms with Crippen molar-refractivity contribution in [3.8, 4) is 0 Å². The minimum atomic E-state index is -0.259. The molecule has 0 radical (unpaired) electrons. The van der Waals surface area contributed by atoms with E-state index in [9.17, 15) is 4.79 Å². The van der Waals surface area contributed by atoms with Gasteiger partial charge in [0.2, 0.25) is 0 Å². The van der Waals surface area contributed by atoms with Gasteiger partial charge in [-0.3, -0.25) is 4.79 Å². The van der Waals surface area contributed by atoms with Crippen molar-refractivity contribution in [2.24, 2.45) is 0 Å². The van der Waals surface area contributed by atoms with Crippen LogP contribution in [0.2, 0.25) is 5.02 Å². The lowest BCUT2D eigenvalue weighted by Crippen LogP contribution is -2.31. The van der Waals surface area contributed by atoms with Crippen molar-refractivity contribution in [2.45, 2.75) is 32.0 Å². The van der Waals surface area contributed by atoms with Gasteiger partial charge in [0, 0.05) is 13.2 Å². The minimum Gasteiger partial charge on any atom is -0.377 e. The number of anilines is 1. The number of ether oxygens (including phenoxy) is 1. The molecule has 112 valence electrons. The van der Waals surface area contributed by atoms with Crippen LogP contribution in [0.15, 0.2) is 11.0 Å². The molecule has 2 heterocycles. The van der Waals surface area contributed by atoms with Crippen LogP contribution in [-0.2, 0) is 11.3 Å². The molecule has 0 spiro atoms. The van der Waals surface area contributed by atoms with Crippen molar-refractivity contribution in [2.75, 3.05) is 32.6 Å². The fourth-order valence-corrected chi connectivity index (χ4v) is 2.34. The van der Waals surface area contributed by atoms with E-state index in [2.05, 4.69) is 10.4 Å². The summed E-state index contributed by atoms with van der Waals surface area (Å²) in [6.45, 7) is 3.99. The first kappa shape index (κ1) is 15.3. The summed E-state index contributed by atoms with van der Waals surface area (Å²) < 4.78 is 6.87. The van der Waals surface area contributed by atoms with Gasteiger partial charge in [-0.05, 0) is 27.4 Å². The molecule has 1 aromatic rings. The fraction of sp³-hybridized carbons (Fsp3) is 0.692. The molecule has 2 unspecified atom stereocenters. The highest BCUT2D eigenvalue weighted by Crippen LogP contribution is 2.22. The lowest BCUT2D eigenvalue weighted by atomic mass is 10.1. The number of halogens is 1. The standard InChI is InChI=1S/C13H21ClN4O2/c1-9-10(4-7-20-9)16-11-8-15-18(6-5-17(2)3)13(19)12(11)14/h8-10,16H,4-7H2,1-3H3. The van der Waals surface area contributed by atoms with Gasteiger partial charge in [0.25, 0.3) is 5.56 Å². The van der Waals surface area contributed by atoms with Crippen molar-refractivity contribution in [3.63, 3.8) is 0 Å². The van der Waals surface area contributed by atoms with Crippen molar-refractivity contribution in [1.29, 1.82) is 0 Å². The van der Waals surface area contributed by atoms with Crippen molar-refractivity contribution < 1.29 is 4.74 Å². The maximum absolute atomic E-state index is 12.1.